The van der Waals surface area contributed by atoms with E-state index in [0.29, 0.717) is 13.1 Å². The summed E-state index contributed by atoms with van der Waals surface area (Å²) >= 11 is 0. The second kappa shape index (κ2) is 7.80. The molecule has 2 N–H and O–H groups in total. The van der Waals surface area contributed by atoms with Gasteiger partial charge >= 0.3 is 0 Å². The lowest BCUT2D eigenvalue weighted by atomic mass is 9.95. The van der Waals surface area contributed by atoms with Crippen molar-refractivity contribution >= 4 is 15.7 Å². The molecule has 1 amide bonds. The maximum atomic E-state index is 13.1. The summed E-state index contributed by atoms with van der Waals surface area (Å²) in [4.78, 5) is 14.7. The molecule has 6 nitrogen and oxygen atoms in total. The molecule has 140 valence electrons. The zero-order chi connectivity index (χ0) is 18.7. The highest BCUT2D eigenvalue weighted by Crippen LogP contribution is 2.28. The van der Waals surface area contributed by atoms with Gasteiger partial charge in [-0.3, -0.25) is 4.79 Å². The Morgan fingerprint density at radius 2 is 1.84 bits per heavy atom. The number of piperidine rings is 1. The van der Waals surface area contributed by atoms with Gasteiger partial charge in [-0.2, -0.15) is 0 Å². The van der Waals surface area contributed by atoms with Gasteiger partial charge in [0.15, 0.2) is 14.6 Å². The van der Waals surface area contributed by atoms with Crippen molar-refractivity contribution in [2.75, 3.05) is 40.0 Å². The van der Waals surface area contributed by atoms with E-state index in [2.05, 4.69) is 10.6 Å². The maximum absolute atomic E-state index is 13.1. The molecule has 0 radical (unpaired) electrons. The summed E-state index contributed by atoms with van der Waals surface area (Å²) in [6, 6.07) is 5.91. The van der Waals surface area contributed by atoms with Crippen molar-refractivity contribution in [2.45, 2.75) is 23.6 Å². The fraction of sp³-hybridized carbons (Fsp3) is 0.588. The SMILES string of the molecule is CN(C)C(CNC(=O)C1(S(C)(=O)=O)CCNCC1)c1ccc(F)cc1. The minimum Gasteiger partial charge on any atom is -0.353 e. The van der Waals surface area contributed by atoms with Gasteiger partial charge < -0.3 is 15.5 Å². The van der Waals surface area contributed by atoms with E-state index in [-0.39, 0.29) is 31.2 Å². The third kappa shape index (κ3) is 4.37. The van der Waals surface area contributed by atoms with Gasteiger partial charge in [0.25, 0.3) is 0 Å². The van der Waals surface area contributed by atoms with Gasteiger partial charge in [0.2, 0.25) is 5.91 Å². The molecule has 25 heavy (non-hydrogen) atoms. The van der Waals surface area contributed by atoms with Crippen molar-refractivity contribution in [1.29, 1.82) is 0 Å². The van der Waals surface area contributed by atoms with E-state index < -0.39 is 20.5 Å². The van der Waals surface area contributed by atoms with Gasteiger partial charge in [0.1, 0.15) is 5.82 Å². The van der Waals surface area contributed by atoms with E-state index in [4.69, 9.17) is 0 Å². The highest BCUT2D eigenvalue weighted by molar-refractivity contribution is 7.92. The predicted molar refractivity (Wildman–Crippen MR) is 95.5 cm³/mol. The van der Waals surface area contributed by atoms with E-state index in [1.54, 1.807) is 12.1 Å². The first-order chi connectivity index (χ1) is 11.7. The first-order valence-corrected chi connectivity index (χ1v) is 10.2. The lowest BCUT2D eigenvalue weighted by molar-refractivity contribution is -0.124. The third-order valence-electron chi connectivity index (χ3n) is 4.87. The van der Waals surface area contributed by atoms with Crippen LogP contribution in [0.1, 0.15) is 24.4 Å². The molecule has 0 saturated carbocycles. The molecule has 0 aliphatic carbocycles. The topological polar surface area (TPSA) is 78.5 Å². The number of carbonyl (C=O) groups excluding carboxylic acids is 1. The number of sulfone groups is 1. The molecule has 1 aromatic rings. The Bertz CT molecular complexity index is 698. The lowest BCUT2D eigenvalue weighted by Gasteiger charge is -2.35. The van der Waals surface area contributed by atoms with Crippen molar-refractivity contribution in [2.24, 2.45) is 0 Å². The number of hydrogen-bond acceptors (Lipinski definition) is 5. The molecular formula is C17H26FN3O3S. The van der Waals surface area contributed by atoms with E-state index in [1.165, 1.54) is 12.1 Å². The molecule has 1 aliphatic rings. The Morgan fingerprint density at radius 1 is 1.28 bits per heavy atom. The van der Waals surface area contributed by atoms with Crippen molar-refractivity contribution in [3.05, 3.63) is 35.6 Å². The molecule has 1 heterocycles. The molecule has 0 bridgehead atoms. The number of benzene rings is 1. The van der Waals surface area contributed by atoms with Crippen LogP contribution in [0, 0.1) is 5.82 Å². The summed E-state index contributed by atoms with van der Waals surface area (Å²) in [5.74, 6) is -0.776. The molecule has 2 rings (SSSR count). The number of rotatable bonds is 6. The molecule has 1 saturated heterocycles. The van der Waals surface area contributed by atoms with Crippen LogP contribution in [-0.4, -0.2) is 64.0 Å². The van der Waals surface area contributed by atoms with Crippen molar-refractivity contribution in [3.63, 3.8) is 0 Å². The second-order valence-corrected chi connectivity index (χ2v) is 9.08. The Morgan fingerprint density at radius 3 is 2.32 bits per heavy atom. The normalized spacial score (nSPS) is 18.8. The quantitative estimate of drug-likeness (QED) is 0.770. The van der Waals surface area contributed by atoms with Crippen LogP contribution in [0.4, 0.5) is 4.39 Å². The van der Waals surface area contributed by atoms with Gasteiger partial charge in [0, 0.05) is 12.8 Å². The Kier molecular flexibility index (Phi) is 6.18. The van der Waals surface area contributed by atoms with Gasteiger partial charge in [-0.1, -0.05) is 12.1 Å². The molecule has 1 aromatic carbocycles. The largest absolute Gasteiger partial charge is 0.353 e. The van der Waals surface area contributed by atoms with Crippen LogP contribution in [0.25, 0.3) is 0 Å². The number of nitrogens with one attached hydrogen (secondary N) is 2. The van der Waals surface area contributed by atoms with Gasteiger partial charge in [-0.25, -0.2) is 12.8 Å². The number of hydrogen-bond donors (Lipinski definition) is 2. The molecule has 1 fully saturated rings. The predicted octanol–water partition coefficient (Wildman–Crippen LogP) is 0.711. The van der Waals surface area contributed by atoms with Crippen molar-refractivity contribution < 1.29 is 17.6 Å². The van der Waals surface area contributed by atoms with Crippen LogP contribution in [-0.2, 0) is 14.6 Å². The Balaban J connectivity index is 2.16. The summed E-state index contributed by atoms with van der Waals surface area (Å²) in [6.07, 6.45) is 1.66. The summed E-state index contributed by atoms with van der Waals surface area (Å²) < 4.78 is 36.3. The Hall–Kier alpha value is -1.51. The monoisotopic (exact) mass is 371 g/mol. The van der Waals surface area contributed by atoms with Crippen LogP contribution in [0.15, 0.2) is 24.3 Å². The van der Waals surface area contributed by atoms with Crippen molar-refractivity contribution in [1.82, 2.24) is 15.5 Å². The molecule has 1 atom stereocenters. The van der Waals surface area contributed by atoms with Crippen LogP contribution in [0.5, 0.6) is 0 Å². The van der Waals surface area contributed by atoms with Crippen LogP contribution >= 0.6 is 0 Å². The molecule has 8 heteroatoms. The number of likely N-dealkylation sites (N-methyl/N-ethyl adjacent to an activating group) is 1. The van der Waals surface area contributed by atoms with Gasteiger partial charge in [0.05, 0.1) is 6.04 Å². The number of nitrogens with zero attached hydrogens (tertiary/aromatic N) is 1. The smallest absolute Gasteiger partial charge is 0.241 e. The number of halogens is 1. The highest BCUT2D eigenvalue weighted by atomic mass is 32.2. The summed E-state index contributed by atoms with van der Waals surface area (Å²) in [6.45, 7) is 1.24. The molecular weight excluding hydrogens is 345 g/mol. The standard InChI is InChI=1S/C17H26FN3O3S/c1-21(2)15(13-4-6-14(18)7-5-13)12-20-16(22)17(25(3,23)24)8-10-19-11-9-17/h4-7,15,19H,8-12H2,1-3H3,(H,20,22). The van der Waals surface area contributed by atoms with E-state index in [9.17, 15) is 17.6 Å². The fourth-order valence-electron chi connectivity index (χ4n) is 3.23. The average molecular weight is 371 g/mol. The summed E-state index contributed by atoms with van der Waals surface area (Å²) in [5.41, 5.74) is 0.852. The summed E-state index contributed by atoms with van der Waals surface area (Å²) in [7, 11) is 0.176. The zero-order valence-corrected chi connectivity index (χ0v) is 15.7. The average Bonchev–Trinajstić information content (AvgIpc) is 2.55. The molecule has 1 aliphatic heterocycles. The van der Waals surface area contributed by atoms with E-state index in [1.807, 2.05) is 19.0 Å². The third-order valence-corrected chi connectivity index (χ3v) is 6.88. The van der Waals surface area contributed by atoms with Gasteiger partial charge in [-0.05, 0) is 57.7 Å². The van der Waals surface area contributed by atoms with Crippen LogP contribution in [0.2, 0.25) is 0 Å². The molecule has 0 spiro atoms. The lowest BCUT2D eigenvalue weighted by Crippen LogP contribution is -2.58. The van der Waals surface area contributed by atoms with Gasteiger partial charge in [-0.15, -0.1) is 0 Å². The highest BCUT2D eigenvalue weighted by Gasteiger charge is 2.48. The molecule has 1 unspecified atom stereocenters. The van der Waals surface area contributed by atoms with Crippen molar-refractivity contribution in [3.8, 4) is 0 Å². The van der Waals surface area contributed by atoms with E-state index >= 15 is 0 Å². The maximum Gasteiger partial charge on any atom is 0.241 e. The minimum absolute atomic E-state index is 0.178. The first-order valence-electron chi connectivity index (χ1n) is 8.28. The first kappa shape index (κ1) is 19.8. The summed E-state index contributed by atoms with van der Waals surface area (Å²) in [5, 5.41) is 5.91. The van der Waals surface area contributed by atoms with E-state index in [0.717, 1.165) is 11.8 Å². The second-order valence-electron chi connectivity index (χ2n) is 6.76. The zero-order valence-electron chi connectivity index (χ0n) is 14.9. The Labute approximate surface area is 148 Å². The minimum atomic E-state index is -3.54. The van der Waals surface area contributed by atoms with Crippen LogP contribution < -0.4 is 10.6 Å². The number of carbonyl (C=O) groups is 1. The number of amides is 1. The molecule has 0 aromatic heterocycles. The van der Waals surface area contributed by atoms with Crippen LogP contribution in [0.3, 0.4) is 0 Å². The fourth-order valence-corrected chi connectivity index (χ4v) is 4.59.